The summed E-state index contributed by atoms with van der Waals surface area (Å²) in [6, 6.07) is 25.2. The van der Waals surface area contributed by atoms with Gasteiger partial charge in [-0.3, -0.25) is 4.79 Å². The van der Waals surface area contributed by atoms with Gasteiger partial charge in [0, 0.05) is 0 Å². The van der Waals surface area contributed by atoms with Crippen LogP contribution in [0.1, 0.15) is 29.8 Å². The third-order valence-corrected chi connectivity index (χ3v) is 5.37. The van der Waals surface area contributed by atoms with Crippen LogP contribution in [-0.4, -0.2) is 37.9 Å². The number of nitrogens with one attached hydrogen (secondary N) is 1. The number of carbonyl (C=O) groups excluding carboxylic acids is 2. The van der Waals surface area contributed by atoms with Gasteiger partial charge in [0.2, 0.25) is 0 Å². The predicted octanol–water partition coefficient (Wildman–Crippen LogP) is 5.39. The van der Waals surface area contributed by atoms with Crippen LogP contribution in [0, 0.1) is 0 Å². The molecule has 0 aliphatic heterocycles. The van der Waals surface area contributed by atoms with E-state index in [0.717, 1.165) is 10.8 Å². The highest BCUT2D eigenvalue weighted by atomic mass is 16.6. The van der Waals surface area contributed by atoms with Crippen LogP contribution < -0.4 is 24.4 Å². The minimum absolute atomic E-state index is 0.180. The molecule has 38 heavy (non-hydrogen) atoms. The van der Waals surface area contributed by atoms with Gasteiger partial charge < -0.3 is 18.9 Å². The number of esters is 1. The molecule has 1 amide bonds. The Balaban J connectivity index is 1.33. The summed E-state index contributed by atoms with van der Waals surface area (Å²) in [7, 11) is 0. The maximum atomic E-state index is 12.6. The van der Waals surface area contributed by atoms with Gasteiger partial charge in [-0.05, 0) is 84.8 Å². The zero-order valence-corrected chi connectivity index (χ0v) is 21.2. The molecule has 1 N–H and O–H groups in total. The molecule has 0 fully saturated rings. The number of hydrazone groups is 1. The lowest BCUT2D eigenvalue weighted by Gasteiger charge is -2.11. The summed E-state index contributed by atoms with van der Waals surface area (Å²) in [6.07, 6.45) is 1.47. The molecule has 0 aliphatic carbocycles. The first-order chi connectivity index (χ1) is 18.6. The number of ether oxygens (including phenoxy) is 4. The molecule has 4 rings (SSSR count). The Morgan fingerprint density at radius 2 is 1.50 bits per heavy atom. The fraction of sp³-hybridized carbons (Fsp3) is 0.167. The molecule has 0 saturated carbocycles. The number of nitrogens with zero attached hydrogens (tertiary/aromatic N) is 1. The van der Waals surface area contributed by atoms with Gasteiger partial charge in [-0.1, -0.05) is 30.3 Å². The molecule has 4 aromatic carbocycles. The number of carbonyl (C=O) groups is 2. The van der Waals surface area contributed by atoms with Crippen molar-refractivity contribution < 1.29 is 28.5 Å². The van der Waals surface area contributed by atoms with Gasteiger partial charge in [-0.15, -0.1) is 0 Å². The Hall–Kier alpha value is -4.85. The fourth-order valence-corrected chi connectivity index (χ4v) is 3.59. The van der Waals surface area contributed by atoms with Crippen molar-refractivity contribution in [1.29, 1.82) is 0 Å². The van der Waals surface area contributed by atoms with Crippen molar-refractivity contribution in [2.24, 2.45) is 5.10 Å². The highest BCUT2D eigenvalue weighted by Crippen LogP contribution is 2.29. The van der Waals surface area contributed by atoms with E-state index < -0.39 is 11.9 Å². The van der Waals surface area contributed by atoms with E-state index in [9.17, 15) is 9.59 Å². The molecule has 0 unspecified atom stereocenters. The molecule has 8 heteroatoms. The maximum absolute atomic E-state index is 12.6. The lowest BCUT2D eigenvalue weighted by atomic mass is 10.1. The minimum Gasteiger partial charge on any atom is -0.494 e. The summed E-state index contributed by atoms with van der Waals surface area (Å²) in [5, 5.41) is 6.11. The summed E-state index contributed by atoms with van der Waals surface area (Å²) < 4.78 is 22.2. The number of fused-ring (bicyclic) bond motifs is 1. The number of amides is 1. The first kappa shape index (κ1) is 26.2. The quantitative estimate of drug-likeness (QED) is 0.125. The second kappa shape index (κ2) is 12.9. The maximum Gasteiger partial charge on any atom is 0.343 e. The van der Waals surface area contributed by atoms with Gasteiger partial charge in [0.15, 0.2) is 18.1 Å². The van der Waals surface area contributed by atoms with Crippen molar-refractivity contribution in [3.63, 3.8) is 0 Å². The van der Waals surface area contributed by atoms with E-state index in [0.29, 0.717) is 41.6 Å². The number of rotatable bonds is 11. The van der Waals surface area contributed by atoms with Gasteiger partial charge in [0.1, 0.15) is 11.5 Å². The van der Waals surface area contributed by atoms with E-state index in [1.165, 1.54) is 6.21 Å². The Bertz CT molecular complexity index is 1430. The topological polar surface area (TPSA) is 95.5 Å². The summed E-state index contributed by atoms with van der Waals surface area (Å²) in [4.78, 5) is 24.8. The molecule has 0 atom stereocenters. The first-order valence-electron chi connectivity index (χ1n) is 12.2. The first-order valence-corrected chi connectivity index (χ1v) is 12.2. The van der Waals surface area contributed by atoms with E-state index in [1.54, 1.807) is 42.5 Å². The zero-order chi connectivity index (χ0) is 26.7. The minimum atomic E-state index is -0.519. The SMILES string of the molecule is CCOc1ccc(C(=O)Oc2ccc(/C=N\NC(=O)COc3ccc4ccccc4c3)cc2OCC)cc1. The lowest BCUT2D eigenvalue weighted by molar-refractivity contribution is -0.123. The summed E-state index contributed by atoms with van der Waals surface area (Å²) in [5.41, 5.74) is 3.47. The van der Waals surface area contributed by atoms with Crippen molar-refractivity contribution in [2.75, 3.05) is 19.8 Å². The summed E-state index contributed by atoms with van der Waals surface area (Å²) in [6.45, 7) is 4.45. The van der Waals surface area contributed by atoms with Gasteiger partial charge in [0.25, 0.3) is 5.91 Å². The van der Waals surface area contributed by atoms with Gasteiger partial charge >= 0.3 is 5.97 Å². The second-order valence-corrected chi connectivity index (χ2v) is 8.08. The highest BCUT2D eigenvalue weighted by molar-refractivity contribution is 5.92. The number of benzene rings is 4. The fourth-order valence-electron chi connectivity index (χ4n) is 3.59. The predicted molar refractivity (Wildman–Crippen MR) is 145 cm³/mol. The number of hydrogen-bond donors (Lipinski definition) is 1. The van der Waals surface area contributed by atoms with Crippen LogP contribution in [0.5, 0.6) is 23.0 Å². The van der Waals surface area contributed by atoms with Crippen LogP contribution >= 0.6 is 0 Å². The Kier molecular flexibility index (Phi) is 8.91. The smallest absolute Gasteiger partial charge is 0.343 e. The van der Waals surface area contributed by atoms with Crippen LogP contribution in [0.3, 0.4) is 0 Å². The van der Waals surface area contributed by atoms with E-state index in [4.69, 9.17) is 18.9 Å². The van der Waals surface area contributed by atoms with Crippen molar-refractivity contribution in [2.45, 2.75) is 13.8 Å². The molecule has 194 valence electrons. The van der Waals surface area contributed by atoms with E-state index in [2.05, 4.69) is 10.5 Å². The third kappa shape index (κ3) is 7.10. The van der Waals surface area contributed by atoms with E-state index in [1.807, 2.05) is 56.3 Å². The molecule has 0 aromatic heterocycles. The van der Waals surface area contributed by atoms with Crippen molar-refractivity contribution in [3.8, 4) is 23.0 Å². The monoisotopic (exact) mass is 512 g/mol. The molecule has 4 aromatic rings. The van der Waals surface area contributed by atoms with Gasteiger partial charge in [-0.25, -0.2) is 10.2 Å². The Morgan fingerprint density at radius 1 is 0.763 bits per heavy atom. The average molecular weight is 513 g/mol. The number of hydrogen-bond acceptors (Lipinski definition) is 7. The van der Waals surface area contributed by atoms with Gasteiger partial charge in [-0.2, -0.15) is 5.10 Å². The Labute approximate surface area is 220 Å². The molecule has 0 heterocycles. The highest BCUT2D eigenvalue weighted by Gasteiger charge is 2.13. The third-order valence-electron chi connectivity index (χ3n) is 5.37. The average Bonchev–Trinajstić information content (AvgIpc) is 2.94. The summed E-state index contributed by atoms with van der Waals surface area (Å²) >= 11 is 0. The lowest BCUT2D eigenvalue weighted by Crippen LogP contribution is -2.24. The molecule has 0 aliphatic rings. The Morgan fingerprint density at radius 3 is 2.26 bits per heavy atom. The molecular weight excluding hydrogens is 484 g/mol. The van der Waals surface area contributed by atoms with Crippen LogP contribution in [0.15, 0.2) is 90.0 Å². The van der Waals surface area contributed by atoms with Gasteiger partial charge in [0.05, 0.1) is 25.0 Å². The van der Waals surface area contributed by atoms with Crippen molar-refractivity contribution in [3.05, 3.63) is 96.1 Å². The molecule has 8 nitrogen and oxygen atoms in total. The second-order valence-electron chi connectivity index (χ2n) is 8.08. The largest absolute Gasteiger partial charge is 0.494 e. The van der Waals surface area contributed by atoms with E-state index >= 15 is 0 Å². The zero-order valence-electron chi connectivity index (χ0n) is 21.2. The normalized spacial score (nSPS) is 10.8. The van der Waals surface area contributed by atoms with Crippen LogP contribution in [0.25, 0.3) is 10.8 Å². The summed E-state index contributed by atoms with van der Waals surface area (Å²) in [5.74, 6) is 1.00. The molecule has 0 spiro atoms. The van der Waals surface area contributed by atoms with Crippen molar-refractivity contribution in [1.82, 2.24) is 5.43 Å². The molecular formula is C30H28N2O6. The molecule has 0 saturated heterocycles. The standard InChI is InChI=1S/C30H28N2O6/c1-3-35-25-13-11-23(12-14-25)30(34)38-27-16-9-21(17-28(27)36-4-2)19-31-32-29(33)20-37-26-15-10-22-7-5-6-8-24(22)18-26/h5-19H,3-4,20H2,1-2H3,(H,32,33)/b31-19-. The molecule has 0 radical (unpaired) electrons. The van der Waals surface area contributed by atoms with E-state index in [-0.39, 0.29) is 12.4 Å². The van der Waals surface area contributed by atoms with Crippen LogP contribution in [0.2, 0.25) is 0 Å². The molecule has 0 bridgehead atoms. The van der Waals surface area contributed by atoms with Crippen LogP contribution in [-0.2, 0) is 4.79 Å². The van der Waals surface area contributed by atoms with Crippen molar-refractivity contribution >= 4 is 28.9 Å². The van der Waals surface area contributed by atoms with Crippen LogP contribution in [0.4, 0.5) is 0 Å².